The fraction of sp³-hybridized carbons (Fsp3) is 0.0769. The Kier molecular flexibility index (Phi) is 1.96. The van der Waals surface area contributed by atoms with Crippen LogP contribution in [0.1, 0.15) is 0 Å². The first kappa shape index (κ1) is 9.09. The molecule has 0 aliphatic carbocycles. The van der Waals surface area contributed by atoms with Crippen LogP contribution in [0, 0.1) is 0 Å². The molecular weight excluding hydrogens is 200 g/mol. The number of fused-ring (bicyclic) bond motifs is 3. The first-order chi connectivity index (χ1) is 7.90. The van der Waals surface area contributed by atoms with Gasteiger partial charge >= 0.3 is 0 Å². The summed E-state index contributed by atoms with van der Waals surface area (Å²) in [6.07, 6.45) is 3.56. The van der Waals surface area contributed by atoms with E-state index in [1.54, 1.807) is 19.5 Å². The van der Waals surface area contributed by atoms with E-state index < -0.39 is 0 Å². The van der Waals surface area contributed by atoms with Crippen molar-refractivity contribution >= 4 is 21.8 Å². The molecule has 0 saturated carbocycles. The highest BCUT2D eigenvalue weighted by molar-refractivity contribution is 6.06. The molecule has 0 radical (unpaired) electrons. The molecule has 3 rings (SSSR count). The molecule has 2 heterocycles. The van der Waals surface area contributed by atoms with Crippen LogP contribution in [-0.4, -0.2) is 17.1 Å². The maximum Gasteiger partial charge on any atom is 0.130 e. The first-order valence-corrected chi connectivity index (χ1v) is 5.06. The second-order valence-electron chi connectivity index (χ2n) is 3.55. The molecule has 0 saturated heterocycles. The fourth-order valence-corrected chi connectivity index (χ4v) is 1.92. The van der Waals surface area contributed by atoms with Crippen molar-refractivity contribution in [2.24, 2.45) is 0 Å². The highest BCUT2D eigenvalue weighted by atomic mass is 16.5. The van der Waals surface area contributed by atoms with Crippen molar-refractivity contribution in [1.29, 1.82) is 0 Å². The van der Waals surface area contributed by atoms with Crippen molar-refractivity contribution in [3.8, 4) is 5.75 Å². The highest BCUT2D eigenvalue weighted by Crippen LogP contribution is 2.30. The Balaban J connectivity index is 2.57. The number of pyridine rings is 2. The van der Waals surface area contributed by atoms with Crippen LogP contribution in [0.3, 0.4) is 0 Å². The average molecular weight is 210 g/mol. The number of nitrogens with zero attached hydrogens (tertiary/aromatic N) is 2. The van der Waals surface area contributed by atoms with Gasteiger partial charge in [0.1, 0.15) is 5.75 Å². The normalized spacial score (nSPS) is 10.8. The highest BCUT2D eigenvalue weighted by Gasteiger charge is 2.07. The predicted molar refractivity (Wildman–Crippen MR) is 63.6 cm³/mol. The third-order valence-electron chi connectivity index (χ3n) is 2.65. The summed E-state index contributed by atoms with van der Waals surface area (Å²) in [6.45, 7) is 0. The van der Waals surface area contributed by atoms with Crippen LogP contribution >= 0.6 is 0 Å². The molecule has 0 spiro atoms. The molecule has 16 heavy (non-hydrogen) atoms. The zero-order chi connectivity index (χ0) is 11.0. The van der Waals surface area contributed by atoms with E-state index >= 15 is 0 Å². The van der Waals surface area contributed by atoms with Crippen molar-refractivity contribution in [2.45, 2.75) is 0 Å². The molecular formula is C13H10N2O. The van der Waals surface area contributed by atoms with Gasteiger partial charge in [0.15, 0.2) is 0 Å². The number of hydrogen-bond donors (Lipinski definition) is 0. The third-order valence-corrected chi connectivity index (χ3v) is 2.65. The Morgan fingerprint density at radius 2 is 1.75 bits per heavy atom. The molecule has 0 fully saturated rings. The second-order valence-corrected chi connectivity index (χ2v) is 3.55. The third kappa shape index (κ3) is 1.21. The van der Waals surface area contributed by atoms with Gasteiger partial charge < -0.3 is 4.74 Å². The summed E-state index contributed by atoms with van der Waals surface area (Å²) in [4.78, 5) is 8.72. The Morgan fingerprint density at radius 1 is 1.00 bits per heavy atom. The van der Waals surface area contributed by atoms with Gasteiger partial charge in [0.2, 0.25) is 0 Å². The molecule has 0 aliphatic rings. The van der Waals surface area contributed by atoms with Crippen LogP contribution in [0.5, 0.6) is 5.75 Å². The molecule has 2 aromatic heterocycles. The molecule has 0 aliphatic heterocycles. The molecule has 3 heteroatoms. The molecule has 3 nitrogen and oxygen atoms in total. The van der Waals surface area contributed by atoms with Gasteiger partial charge in [0.05, 0.1) is 18.1 Å². The van der Waals surface area contributed by atoms with Crippen LogP contribution in [-0.2, 0) is 0 Å². The Bertz CT molecular complexity index is 664. The van der Waals surface area contributed by atoms with E-state index in [0.29, 0.717) is 0 Å². The summed E-state index contributed by atoms with van der Waals surface area (Å²) in [5, 5.41) is 2.07. The van der Waals surface area contributed by atoms with Crippen LogP contribution < -0.4 is 4.74 Å². The first-order valence-electron chi connectivity index (χ1n) is 5.06. The van der Waals surface area contributed by atoms with Crippen molar-refractivity contribution in [3.63, 3.8) is 0 Å². The zero-order valence-electron chi connectivity index (χ0n) is 8.84. The maximum absolute atomic E-state index is 5.36. The average Bonchev–Trinajstić information content (AvgIpc) is 2.38. The van der Waals surface area contributed by atoms with Crippen LogP contribution in [0.15, 0.2) is 42.7 Å². The maximum atomic E-state index is 5.36. The summed E-state index contributed by atoms with van der Waals surface area (Å²) >= 11 is 0. The molecule has 78 valence electrons. The Morgan fingerprint density at radius 3 is 2.56 bits per heavy atom. The summed E-state index contributed by atoms with van der Waals surface area (Å²) in [5.74, 6) is 0.814. The Labute approximate surface area is 92.7 Å². The van der Waals surface area contributed by atoms with E-state index in [-0.39, 0.29) is 0 Å². The topological polar surface area (TPSA) is 35.0 Å². The van der Waals surface area contributed by atoms with E-state index in [1.165, 1.54) is 0 Å². The standard InChI is InChI=1S/C13H10N2O/c1-16-12-8-11-9(4-2-6-14-11)13-10(12)5-3-7-15-13/h2-8H,1H3. The summed E-state index contributed by atoms with van der Waals surface area (Å²) in [6, 6.07) is 9.81. The number of aromatic nitrogens is 2. The van der Waals surface area contributed by atoms with E-state index in [1.807, 2.05) is 30.3 Å². The predicted octanol–water partition coefficient (Wildman–Crippen LogP) is 2.79. The van der Waals surface area contributed by atoms with Gasteiger partial charge in [0, 0.05) is 29.2 Å². The minimum Gasteiger partial charge on any atom is -0.496 e. The fourth-order valence-electron chi connectivity index (χ4n) is 1.92. The minimum atomic E-state index is 0.814. The molecule has 1 aromatic carbocycles. The van der Waals surface area contributed by atoms with Gasteiger partial charge in [-0.3, -0.25) is 9.97 Å². The van der Waals surface area contributed by atoms with Gasteiger partial charge in [-0.2, -0.15) is 0 Å². The number of hydrogen-bond acceptors (Lipinski definition) is 3. The van der Waals surface area contributed by atoms with Crippen molar-refractivity contribution < 1.29 is 4.74 Å². The quantitative estimate of drug-likeness (QED) is 0.579. The van der Waals surface area contributed by atoms with E-state index in [0.717, 1.165) is 27.6 Å². The summed E-state index contributed by atoms with van der Waals surface area (Å²) in [5.41, 5.74) is 1.84. The van der Waals surface area contributed by atoms with E-state index in [9.17, 15) is 0 Å². The zero-order valence-corrected chi connectivity index (χ0v) is 8.84. The molecule has 0 N–H and O–H groups in total. The van der Waals surface area contributed by atoms with Gasteiger partial charge in [-0.15, -0.1) is 0 Å². The van der Waals surface area contributed by atoms with Gasteiger partial charge in [-0.1, -0.05) is 0 Å². The molecule has 0 atom stereocenters. The van der Waals surface area contributed by atoms with Crippen molar-refractivity contribution in [1.82, 2.24) is 9.97 Å². The lowest BCUT2D eigenvalue weighted by Gasteiger charge is -2.07. The summed E-state index contributed by atoms with van der Waals surface area (Å²) in [7, 11) is 1.66. The summed E-state index contributed by atoms with van der Waals surface area (Å²) < 4.78 is 5.36. The second kappa shape index (κ2) is 3.45. The van der Waals surface area contributed by atoms with Gasteiger partial charge in [-0.25, -0.2) is 0 Å². The van der Waals surface area contributed by atoms with Gasteiger partial charge in [0.25, 0.3) is 0 Å². The van der Waals surface area contributed by atoms with Crippen LogP contribution in [0.4, 0.5) is 0 Å². The smallest absolute Gasteiger partial charge is 0.130 e. The van der Waals surface area contributed by atoms with E-state index in [2.05, 4.69) is 9.97 Å². The minimum absolute atomic E-state index is 0.814. The number of methoxy groups -OCH3 is 1. The number of benzene rings is 1. The lowest BCUT2D eigenvalue weighted by Crippen LogP contribution is -1.89. The monoisotopic (exact) mass is 210 g/mol. The molecule has 0 unspecified atom stereocenters. The largest absolute Gasteiger partial charge is 0.496 e. The lowest BCUT2D eigenvalue weighted by atomic mass is 10.1. The van der Waals surface area contributed by atoms with Crippen molar-refractivity contribution in [2.75, 3.05) is 7.11 Å². The van der Waals surface area contributed by atoms with Gasteiger partial charge in [-0.05, 0) is 24.3 Å². The van der Waals surface area contributed by atoms with E-state index in [4.69, 9.17) is 4.74 Å². The van der Waals surface area contributed by atoms with Crippen LogP contribution in [0.25, 0.3) is 21.8 Å². The van der Waals surface area contributed by atoms with Crippen molar-refractivity contribution in [3.05, 3.63) is 42.7 Å². The molecule has 0 amide bonds. The van der Waals surface area contributed by atoms with Crippen LogP contribution in [0.2, 0.25) is 0 Å². The Hall–Kier alpha value is -2.16. The lowest BCUT2D eigenvalue weighted by molar-refractivity contribution is 0.420. The molecule has 0 bridgehead atoms. The molecule has 3 aromatic rings. The SMILES string of the molecule is COc1cc2ncccc2c2ncccc12. The number of rotatable bonds is 1. The number of ether oxygens (including phenoxy) is 1.